The van der Waals surface area contributed by atoms with Crippen LogP contribution in [-0.4, -0.2) is 44.1 Å². The lowest BCUT2D eigenvalue weighted by atomic mass is 9.91. The quantitative estimate of drug-likeness (QED) is 0.675. The number of aryl methyl sites for hydroxylation is 2. The molecule has 7 nitrogen and oxygen atoms in total. The van der Waals surface area contributed by atoms with Crippen LogP contribution in [0.3, 0.4) is 0 Å². The van der Waals surface area contributed by atoms with E-state index in [1.165, 1.54) is 0 Å². The summed E-state index contributed by atoms with van der Waals surface area (Å²) in [5, 5.41) is 13.8. The maximum Gasteiger partial charge on any atom is 0.222 e. The summed E-state index contributed by atoms with van der Waals surface area (Å²) < 4.78 is 5.18. The van der Waals surface area contributed by atoms with Crippen LogP contribution in [0, 0.1) is 6.92 Å². The highest BCUT2D eigenvalue weighted by Gasteiger charge is 2.27. The predicted octanol–water partition coefficient (Wildman–Crippen LogP) is 3.27. The van der Waals surface area contributed by atoms with Crippen molar-refractivity contribution in [3.8, 4) is 11.3 Å². The van der Waals surface area contributed by atoms with E-state index in [0.717, 1.165) is 47.5 Å². The molecule has 1 fully saturated rings. The van der Waals surface area contributed by atoms with Crippen molar-refractivity contribution in [2.75, 3.05) is 13.1 Å². The van der Waals surface area contributed by atoms with Crippen LogP contribution >= 0.6 is 0 Å². The number of aromatic nitrogens is 3. The van der Waals surface area contributed by atoms with Crippen molar-refractivity contribution in [1.82, 2.24) is 20.0 Å². The molecule has 1 aromatic carbocycles. The van der Waals surface area contributed by atoms with Crippen LogP contribution in [-0.2, 0) is 17.8 Å². The van der Waals surface area contributed by atoms with Crippen LogP contribution in [0.25, 0.3) is 11.3 Å². The third kappa shape index (κ3) is 4.41. The van der Waals surface area contributed by atoms with E-state index >= 15 is 0 Å². The number of aliphatic hydroxyl groups excluding tert-OH is 1. The largest absolute Gasteiger partial charge is 0.392 e. The van der Waals surface area contributed by atoms with Crippen LogP contribution in [0.2, 0.25) is 0 Å². The van der Waals surface area contributed by atoms with Gasteiger partial charge in [-0.3, -0.25) is 4.79 Å². The molecule has 0 spiro atoms. The van der Waals surface area contributed by atoms with Gasteiger partial charge in [-0.2, -0.15) is 0 Å². The highest BCUT2D eigenvalue weighted by Crippen LogP contribution is 2.29. The molecule has 156 valence electrons. The molecular formula is C23H26N4O3. The number of nitrogens with zero attached hydrogens (tertiary/aromatic N) is 4. The zero-order valence-electron chi connectivity index (χ0n) is 17.1. The van der Waals surface area contributed by atoms with E-state index in [2.05, 4.69) is 15.1 Å². The smallest absolute Gasteiger partial charge is 0.222 e. The molecule has 7 heteroatoms. The second kappa shape index (κ2) is 9.17. The first-order chi connectivity index (χ1) is 14.7. The molecule has 30 heavy (non-hydrogen) atoms. The fraction of sp³-hybridized carbons (Fsp3) is 0.391. The molecule has 0 radical (unpaired) electrons. The van der Waals surface area contributed by atoms with Gasteiger partial charge in [-0.1, -0.05) is 35.5 Å². The molecule has 1 aliphatic heterocycles. The van der Waals surface area contributed by atoms with Crippen LogP contribution in [0.4, 0.5) is 0 Å². The molecule has 2 aromatic heterocycles. The summed E-state index contributed by atoms with van der Waals surface area (Å²) in [5.41, 5.74) is 4.34. The summed E-state index contributed by atoms with van der Waals surface area (Å²) in [5.74, 6) is 0.935. The number of carbonyl (C=O) groups is 1. The Morgan fingerprint density at radius 1 is 1.27 bits per heavy atom. The summed E-state index contributed by atoms with van der Waals surface area (Å²) >= 11 is 0. The Hall–Kier alpha value is -3.06. The lowest BCUT2D eigenvalue weighted by molar-refractivity contribution is -0.132. The van der Waals surface area contributed by atoms with Crippen molar-refractivity contribution in [2.45, 2.75) is 45.1 Å². The first-order valence-corrected chi connectivity index (χ1v) is 10.4. The maximum atomic E-state index is 12.9. The Morgan fingerprint density at radius 2 is 2.10 bits per heavy atom. The monoisotopic (exact) mass is 406 g/mol. The zero-order chi connectivity index (χ0) is 20.9. The van der Waals surface area contributed by atoms with Crippen LogP contribution in [0.5, 0.6) is 0 Å². The molecule has 3 heterocycles. The highest BCUT2D eigenvalue weighted by atomic mass is 16.5. The predicted molar refractivity (Wildman–Crippen MR) is 112 cm³/mol. The number of aliphatic hydroxyl groups is 1. The topological polar surface area (TPSA) is 92.4 Å². The molecule has 1 N–H and O–H groups in total. The number of hydrogen-bond acceptors (Lipinski definition) is 6. The molecule has 1 aliphatic rings. The Kier molecular flexibility index (Phi) is 6.18. The minimum atomic E-state index is -0.0875. The Morgan fingerprint density at radius 3 is 2.90 bits per heavy atom. The van der Waals surface area contributed by atoms with Crippen molar-refractivity contribution in [3.05, 3.63) is 65.4 Å². The van der Waals surface area contributed by atoms with Crippen molar-refractivity contribution in [1.29, 1.82) is 0 Å². The van der Waals surface area contributed by atoms with Crippen molar-refractivity contribution in [2.24, 2.45) is 0 Å². The first kappa shape index (κ1) is 20.2. The first-order valence-electron chi connectivity index (χ1n) is 10.4. The number of likely N-dealkylation sites (tertiary alicyclic amines) is 1. The van der Waals surface area contributed by atoms with Gasteiger partial charge in [-0.15, -0.1) is 0 Å². The van der Waals surface area contributed by atoms with Gasteiger partial charge in [-0.05, 0) is 26.2 Å². The molecule has 1 atom stereocenters. The van der Waals surface area contributed by atoms with E-state index in [-0.39, 0.29) is 18.4 Å². The van der Waals surface area contributed by atoms with E-state index < -0.39 is 0 Å². The van der Waals surface area contributed by atoms with Crippen LogP contribution < -0.4 is 0 Å². The van der Waals surface area contributed by atoms with Gasteiger partial charge >= 0.3 is 0 Å². The highest BCUT2D eigenvalue weighted by molar-refractivity contribution is 5.77. The average molecular weight is 406 g/mol. The normalized spacial score (nSPS) is 16.6. The van der Waals surface area contributed by atoms with Gasteiger partial charge in [0.05, 0.1) is 12.3 Å². The standard InChI is InChI=1S/C23H26N4O3/c1-16-24-12-20(14-28)22(25-16)18-8-5-11-27(13-18)21(29)10-9-19-15-30-26-23(19)17-6-3-2-4-7-17/h2-4,6-7,12,15,18,28H,5,8-11,13-14H2,1H3. The molecular weight excluding hydrogens is 380 g/mol. The third-order valence-corrected chi connectivity index (χ3v) is 5.65. The zero-order valence-corrected chi connectivity index (χ0v) is 17.1. The number of amides is 1. The molecule has 0 bridgehead atoms. The summed E-state index contributed by atoms with van der Waals surface area (Å²) in [7, 11) is 0. The number of piperidine rings is 1. The molecule has 4 rings (SSSR count). The van der Waals surface area contributed by atoms with E-state index in [0.29, 0.717) is 25.2 Å². The van der Waals surface area contributed by atoms with Crippen molar-refractivity contribution in [3.63, 3.8) is 0 Å². The maximum absolute atomic E-state index is 12.9. The van der Waals surface area contributed by atoms with Gasteiger partial charge in [0, 0.05) is 48.3 Å². The number of rotatable bonds is 6. The second-order valence-corrected chi connectivity index (χ2v) is 7.72. The van der Waals surface area contributed by atoms with Crippen molar-refractivity contribution >= 4 is 5.91 Å². The minimum Gasteiger partial charge on any atom is -0.392 e. The lowest BCUT2D eigenvalue weighted by Crippen LogP contribution is -2.39. The van der Waals surface area contributed by atoms with Gasteiger partial charge in [0.15, 0.2) is 0 Å². The Labute approximate surface area is 175 Å². The van der Waals surface area contributed by atoms with Gasteiger partial charge in [0.25, 0.3) is 0 Å². The Balaban J connectivity index is 1.42. The van der Waals surface area contributed by atoms with Gasteiger partial charge in [-0.25, -0.2) is 9.97 Å². The minimum absolute atomic E-state index is 0.0875. The van der Waals surface area contributed by atoms with Crippen LogP contribution in [0.15, 0.2) is 47.3 Å². The SMILES string of the molecule is Cc1ncc(CO)c(C2CCCN(C(=O)CCc3conc3-c3ccccc3)C2)n1. The average Bonchev–Trinajstić information content (AvgIpc) is 3.27. The van der Waals surface area contributed by atoms with Gasteiger partial charge in [0.1, 0.15) is 17.8 Å². The third-order valence-electron chi connectivity index (χ3n) is 5.65. The fourth-order valence-electron chi connectivity index (χ4n) is 4.08. The van der Waals surface area contributed by atoms with Gasteiger partial charge < -0.3 is 14.5 Å². The van der Waals surface area contributed by atoms with E-state index in [9.17, 15) is 9.90 Å². The molecule has 3 aromatic rings. The Bertz CT molecular complexity index is 1000. The van der Waals surface area contributed by atoms with E-state index in [4.69, 9.17) is 4.52 Å². The second-order valence-electron chi connectivity index (χ2n) is 7.72. The summed E-state index contributed by atoms with van der Waals surface area (Å²) in [6.07, 6.45) is 6.19. The molecule has 0 aliphatic carbocycles. The number of benzene rings is 1. The van der Waals surface area contributed by atoms with Crippen molar-refractivity contribution < 1.29 is 14.4 Å². The lowest BCUT2D eigenvalue weighted by Gasteiger charge is -2.33. The summed E-state index contributed by atoms with van der Waals surface area (Å²) in [4.78, 5) is 23.6. The van der Waals surface area contributed by atoms with E-state index in [1.807, 2.05) is 42.2 Å². The molecule has 1 unspecified atom stereocenters. The van der Waals surface area contributed by atoms with E-state index in [1.54, 1.807) is 12.5 Å². The molecule has 1 amide bonds. The van der Waals surface area contributed by atoms with Gasteiger partial charge in [0.2, 0.25) is 5.91 Å². The summed E-state index contributed by atoms with van der Waals surface area (Å²) in [6, 6.07) is 9.85. The molecule has 0 saturated carbocycles. The number of carbonyl (C=O) groups excluding carboxylic acids is 1. The fourth-order valence-corrected chi connectivity index (χ4v) is 4.08. The molecule has 1 saturated heterocycles. The number of hydrogen-bond donors (Lipinski definition) is 1. The summed E-state index contributed by atoms with van der Waals surface area (Å²) in [6.45, 7) is 3.13. The van der Waals surface area contributed by atoms with Crippen LogP contribution in [0.1, 0.15) is 47.8 Å².